The van der Waals surface area contributed by atoms with Crippen molar-refractivity contribution in [1.29, 1.82) is 0 Å². The SMILES string of the molecule is CC1(S(=O)(=O)N2CCNC(=O)C2)CC1. The maximum absolute atomic E-state index is 12.0. The quantitative estimate of drug-likeness (QED) is 0.666. The van der Waals surface area contributed by atoms with Gasteiger partial charge in [-0.2, -0.15) is 4.31 Å². The highest BCUT2D eigenvalue weighted by Gasteiger charge is 2.53. The first-order valence-electron chi connectivity index (χ1n) is 4.72. The van der Waals surface area contributed by atoms with Gasteiger partial charge in [-0.15, -0.1) is 0 Å². The second-order valence-corrected chi connectivity index (χ2v) is 6.59. The summed E-state index contributed by atoms with van der Waals surface area (Å²) in [5.41, 5.74) is 0. The molecule has 1 N–H and O–H groups in total. The summed E-state index contributed by atoms with van der Waals surface area (Å²) in [6.07, 6.45) is 1.43. The molecular weight excluding hydrogens is 204 g/mol. The molecule has 0 aromatic heterocycles. The monoisotopic (exact) mass is 218 g/mol. The first kappa shape index (κ1) is 9.92. The van der Waals surface area contributed by atoms with Crippen LogP contribution < -0.4 is 5.32 Å². The summed E-state index contributed by atoms with van der Waals surface area (Å²) >= 11 is 0. The van der Waals surface area contributed by atoms with Gasteiger partial charge in [-0.1, -0.05) is 0 Å². The third kappa shape index (κ3) is 1.42. The van der Waals surface area contributed by atoms with Gasteiger partial charge in [-0.3, -0.25) is 4.79 Å². The predicted octanol–water partition coefficient (Wildman–Crippen LogP) is -0.699. The van der Waals surface area contributed by atoms with Gasteiger partial charge in [0, 0.05) is 13.1 Å². The fourth-order valence-corrected chi connectivity index (χ4v) is 3.43. The largest absolute Gasteiger partial charge is 0.354 e. The van der Waals surface area contributed by atoms with Gasteiger partial charge >= 0.3 is 0 Å². The molecule has 0 unspecified atom stereocenters. The molecule has 1 aliphatic carbocycles. The van der Waals surface area contributed by atoms with Crippen molar-refractivity contribution in [1.82, 2.24) is 9.62 Å². The zero-order valence-electron chi connectivity index (χ0n) is 8.12. The van der Waals surface area contributed by atoms with Crippen molar-refractivity contribution in [2.24, 2.45) is 0 Å². The van der Waals surface area contributed by atoms with Crippen LogP contribution in [0.15, 0.2) is 0 Å². The summed E-state index contributed by atoms with van der Waals surface area (Å²) in [5.74, 6) is -0.205. The molecule has 5 nitrogen and oxygen atoms in total. The normalized spacial score (nSPS) is 27.1. The van der Waals surface area contributed by atoms with E-state index in [4.69, 9.17) is 0 Å². The number of rotatable bonds is 2. The van der Waals surface area contributed by atoms with Gasteiger partial charge < -0.3 is 5.32 Å². The minimum atomic E-state index is -3.25. The maximum Gasteiger partial charge on any atom is 0.235 e. The number of nitrogens with zero attached hydrogens (tertiary/aromatic N) is 1. The zero-order chi connectivity index (χ0) is 10.4. The molecule has 14 heavy (non-hydrogen) atoms. The standard InChI is InChI=1S/C8H14N2O3S/c1-8(2-3-8)14(12,13)10-5-4-9-7(11)6-10/h2-6H2,1H3,(H,9,11). The van der Waals surface area contributed by atoms with E-state index in [0.29, 0.717) is 25.9 Å². The molecule has 1 saturated heterocycles. The van der Waals surface area contributed by atoms with E-state index >= 15 is 0 Å². The summed E-state index contributed by atoms with van der Waals surface area (Å²) in [4.78, 5) is 11.1. The smallest absolute Gasteiger partial charge is 0.235 e. The van der Waals surface area contributed by atoms with Crippen LogP contribution in [-0.2, 0) is 14.8 Å². The number of hydrogen-bond acceptors (Lipinski definition) is 3. The first-order chi connectivity index (χ1) is 6.46. The minimum Gasteiger partial charge on any atom is -0.354 e. The lowest BCUT2D eigenvalue weighted by molar-refractivity contribution is -0.122. The number of hydrogen-bond donors (Lipinski definition) is 1. The maximum atomic E-state index is 12.0. The van der Waals surface area contributed by atoms with Crippen molar-refractivity contribution >= 4 is 15.9 Å². The summed E-state index contributed by atoms with van der Waals surface area (Å²) in [6.45, 7) is 2.56. The van der Waals surface area contributed by atoms with Gasteiger partial charge in [-0.25, -0.2) is 8.42 Å². The molecule has 0 radical (unpaired) electrons. The molecule has 0 atom stereocenters. The molecule has 0 spiro atoms. The van der Waals surface area contributed by atoms with Gasteiger partial charge in [0.25, 0.3) is 0 Å². The Morgan fingerprint density at radius 3 is 2.57 bits per heavy atom. The number of carbonyl (C=O) groups is 1. The van der Waals surface area contributed by atoms with Crippen molar-refractivity contribution in [3.63, 3.8) is 0 Å². The first-order valence-corrected chi connectivity index (χ1v) is 6.16. The number of carbonyl (C=O) groups excluding carboxylic acids is 1. The fourth-order valence-electron chi connectivity index (χ4n) is 1.57. The highest BCUT2D eigenvalue weighted by molar-refractivity contribution is 7.90. The Hall–Kier alpha value is -0.620. The zero-order valence-corrected chi connectivity index (χ0v) is 8.93. The predicted molar refractivity (Wildman–Crippen MR) is 51.1 cm³/mol. The molecule has 2 aliphatic rings. The Kier molecular flexibility index (Phi) is 2.08. The Bertz CT molecular complexity index is 359. The highest BCUT2D eigenvalue weighted by atomic mass is 32.2. The van der Waals surface area contributed by atoms with Gasteiger partial charge in [0.2, 0.25) is 15.9 Å². The molecule has 1 heterocycles. The molecule has 0 aromatic rings. The molecule has 2 rings (SSSR count). The van der Waals surface area contributed by atoms with E-state index in [1.165, 1.54) is 4.31 Å². The molecule has 6 heteroatoms. The highest BCUT2D eigenvalue weighted by Crippen LogP contribution is 2.44. The van der Waals surface area contributed by atoms with Crippen LogP contribution in [0.5, 0.6) is 0 Å². The molecule has 80 valence electrons. The van der Waals surface area contributed by atoms with Crippen LogP contribution in [-0.4, -0.2) is 43.0 Å². The average Bonchev–Trinajstić information content (AvgIpc) is 2.85. The van der Waals surface area contributed by atoms with Gasteiger partial charge in [-0.05, 0) is 19.8 Å². The second kappa shape index (κ2) is 2.93. The van der Waals surface area contributed by atoms with Crippen molar-refractivity contribution in [3.8, 4) is 0 Å². The van der Waals surface area contributed by atoms with Crippen molar-refractivity contribution in [3.05, 3.63) is 0 Å². The summed E-state index contributed by atoms with van der Waals surface area (Å²) in [5, 5.41) is 2.61. The molecule has 1 aliphatic heterocycles. The Morgan fingerprint density at radius 1 is 1.43 bits per heavy atom. The number of sulfonamides is 1. The van der Waals surface area contributed by atoms with E-state index in [-0.39, 0.29) is 12.5 Å². The van der Waals surface area contributed by atoms with Gasteiger partial charge in [0.15, 0.2) is 0 Å². The molecular formula is C8H14N2O3S. The summed E-state index contributed by atoms with van der Waals surface area (Å²) in [7, 11) is -3.25. The Balaban J connectivity index is 2.18. The van der Waals surface area contributed by atoms with Crippen LogP contribution in [0.4, 0.5) is 0 Å². The van der Waals surface area contributed by atoms with Crippen molar-refractivity contribution < 1.29 is 13.2 Å². The van der Waals surface area contributed by atoms with Crippen LogP contribution >= 0.6 is 0 Å². The van der Waals surface area contributed by atoms with Gasteiger partial charge in [0.1, 0.15) is 0 Å². The van der Waals surface area contributed by atoms with Crippen LogP contribution in [0.2, 0.25) is 0 Å². The molecule has 0 aromatic carbocycles. The average molecular weight is 218 g/mol. The number of piperazine rings is 1. The van der Waals surface area contributed by atoms with E-state index < -0.39 is 14.8 Å². The molecule has 0 bridgehead atoms. The van der Waals surface area contributed by atoms with E-state index in [2.05, 4.69) is 5.32 Å². The minimum absolute atomic E-state index is 0.0159. The van der Waals surface area contributed by atoms with Crippen molar-refractivity contribution in [2.75, 3.05) is 19.6 Å². The summed E-state index contributed by atoms with van der Waals surface area (Å²) < 4.78 is 24.6. The lowest BCUT2D eigenvalue weighted by atomic mass is 10.4. The third-order valence-corrected chi connectivity index (χ3v) is 5.57. The van der Waals surface area contributed by atoms with E-state index in [1.54, 1.807) is 6.92 Å². The van der Waals surface area contributed by atoms with E-state index in [0.717, 1.165) is 0 Å². The second-order valence-electron chi connectivity index (χ2n) is 4.14. The fraction of sp³-hybridized carbons (Fsp3) is 0.875. The van der Waals surface area contributed by atoms with Crippen LogP contribution in [0.3, 0.4) is 0 Å². The van der Waals surface area contributed by atoms with Crippen LogP contribution in [0, 0.1) is 0 Å². The Labute approximate surface area is 83.5 Å². The lowest BCUT2D eigenvalue weighted by Gasteiger charge is -2.28. The van der Waals surface area contributed by atoms with Crippen LogP contribution in [0.1, 0.15) is 19.8 Å². The lowest BCUT2D eigenvalue weighted by Crippen LogP contribution is -2.52. The molecule has 1 amide bonds. The third-order valence-electron chi connectivity index (χ3n) is 2.92. The molecule has 1 saturated carbocycles. The topological polar surface area (TPSA) is 66.5 Å². The van der Waals surface area contributed by atoms with E-state index in [1.807, 2.05) is 0 Å². The summed E-state index contributed by atoms with van der Waals surface area (Å²) in [6, 6.07) is 0. The van der Waals surface area contributed by atoms with Crippen LogP contribution in [0.25, 0.3) is 0 Å². The van der Waals surface area contributed by atoms with Gasteiger partial charge in [0.05, 0.1) is 11.3 Å². The van der Waals surface area contributed by atoms with E-state index in [9.17, 15) is 13.2 Å². The van der Waals surface area contributed by atoms with Crippen molar-refractivity contribution in [2.45, 2.75) is 24.5 Å². The molecule has 2 fully saturated rings. The number of amides is 1. The number of nitrogens with one attached hydrogen (secondary N) is 1. The Morgan fingerprint density at radius 2 is 2.07 bits per heavy atom.